The Bertz CT molecular complexity index is 1030. The second-order valence-corrected chi connectivity index (χ2v) is 6.78. The molecule has 7 heteroatoms. The smallest absolute Gasteiger partial charge is 0.335 e. The highest BCUT2D eigenvalue weighted by atomic mass is 16.6. The van der Waals surface area contributed by atoms with Gasteiger partial charge in [0.1, 0.15) is 24.2 Å². The number of rotatable bonds is 10. The van der Waals surface area contributed by atoms with Gasteiger partial charge in [0.25, 0.3) is 0 Å². The quantitative estimate of drug-likeness (QED) is 0.307. The van der Waals surface area contributed by atoms with Gasteiger partial charge in [0.05, 0.1) is 38.6 Å². The summed E-state index contributed by atoms with van der Waals surface area (Å²) >= 11 is 0. The van der Waals surface area contributed by atoms with E-state index >= 15 is 0 Å². The zero-order valence-corrected chi connectivity index (χ0v) is 15.8. The van der Waals surface area contributed by atoms with Gasteiger partial charge in [-0.25, -0.2) is 4.79 Å². The van der Waals surface area contributed by atoms with E-state index in [1.54, 1.807) is 12.1 Å². The largest absolute Gasteiger partial charge is 0.507 e. The van der Waals surface area contributed by atoms with Gasteiger partial charge < -0.3 is 29.2 Å². The van der Waals surface area contributed by atoms with Crippen molar-refractivity contribution in [1.82, 2.24) is 0 Å². The number of epoxide rings is 1. The molecule has 1 unspecified atom stereocenters. The maximum Gasteiger partial charge on any atom is 0.335 e. The van der Waals surface area contributed by atoms with Crippen LogP contribution < -0.4 is 4.74 Å². The third-order valence-electron chi connectivity index (χ3n) is 4.75. The fourth-order valence-electron chi connectivity index (χ4n) is 3.21. The van der Waals surface area contributed by atoms with Crippen LogP contribution in [0.15, 0.2) is 42.5 Å². The number of ether oxygens (including phenoxy) is 4. The number of carbonyl (C=O) groups is 1. The number of fused-ring (bicyclic) bond motifs is 2. The molecule has 0 aromatic heterocycles. The van der Waals surface area contributed by atoms with Crippen molar-refractivity contribution in [3.05, 3.63) is 48.0 Å². The molecule has 1 heterocycles. The van der Waals surface area contributed by atoms with Gasteiger partial charge in [0.15, 0.2) is 0 Å². The third kappa shape index (κ3) is 4.42. The number of carboxylic acids is 1. The van der Waals surface area contributed by atoms with Crippen molar-refractivity contribution < 1.29 is 34.0 Å². The molecule has 4 rings (SSSR count). The molecule has 3 aromatic carbocycles. The van der Waals surface area contributed by atoms with Gasteiger partial charge in [-0.2, -0.15) is 0 Å². The summed E-state index contributed by atoms with van der Waals surface area (Å²) < 4.78 is 22.0. The summed E-state index contributed by atoms with van der Waals surface area (Å²) in [6.45, 7) is 3.04. The molecule has 7 nitrogen and oxygen atoms in total. The van der Waals surface area contributed by atoms with E-state index < -0.39 is 5.97 Å². The number of benzene rings is 3. The second kappa shape index (κ2) is 8.65. The first-order chi connectivity index (χ1) is 14.1. The Hall–Kier alpha value is -2.87. The molecule has 0 aliphatic carbocycles. The van der Waals surface area contributed by atoms with Crippen LogP contribution in [0.5, 0.6) is 11.5 Å². The Morgan fingerprint density at radius 3 is 2.41 bits per heavy atom. The molecule has 0 saturated carbocycles. The average molecular weight is 398 g/mol. The lowest BCUT2D eigenvalue weighted by molar-refractivity contribution is 0.0320. The number of aromatic carboxylic acids is 1. The highest BCUT2D eigenvalue weighted by Crippen LogP contribution is 2.42. The van der Waals surface area contributed by atoms with Crippen molar-refractivity contribution in [2.24, 2.45) is 0 Å². The van der Waals surface area contributed by atoms with Crippen LogP contribution in [0.1, 0.15) is 10.4 Å². The standard InChI is InChI=1S/C22H22O7/c23-20-16-3-1-2-4-17(16)21(18-6-5-14(22(24)25)11-19(18)20)28-10-9-26-7-8-27-12-15-13-29-15/h1-6,11,15,23H,7-10,12-13H2,(H,24,25). The van der Waals surface area contributed by atoms with E-state index in [2.05, 4.69) is 0 Å². The molecule has 1 fully saturated rings. The van der Waals surface area contributed by atoms with Crippen molar-refractivity contribution in [1.29, 1.82) is 0 Å². The van der Waals surface area contributed by atoms with E-state index in [1.807, 2.05) is 18.2 Å². The highest BCUT2D eigenvalue weighted by molar-refractivity contribution is 6.12. The molecule has 29 heavy (non-hydrogen) atoms. The number of phenols is 1. The van der Waals surface area contributed by atoms with Crippen molar-refractivity contribution in [3.8, 4) is 11.5 Å². The zero-order chi connectivity index (χ0) is 20.2. The van der Waals surface area contributed by atoms with Gasteiger partial charge in [-0.15, -0.1) is 0 Å². The van der Waals surface area contributed by atoms with Gasteiger partial charge in [-0.3, -0.25) is 0 Å². The predicted molar refractivity (Wildman–Crippen MR) is 107 cm³/mol. The fourth-order valence-corrected chi connectivity index (χ4v) is 3.21. The van der Waals surface area contributed by atoms with Crippen LogP contribution in [0, 0.1) is 0 Å². The van der Waals surface area contributed by atoms with Crippen LogP contribution in [-0.2, 0) is 14.2 Å². The van der Waals surface area contributed by atoms with E-state index in [9.17, 15) is 15.0 Å². The molecular weight excluding hydrogens is 376 g/mol. The highest BCUT2D eigenvalue weighted by Gasteiger charge is 2.22. The number of carboxylic acid groups (broad SMARTS) is 1. The third-order valence-corrected chi connectivity index (χ3v) is 4.75. The SMILES string of the molecule is O=C(O)c1ccc2c(OCCOCCOCC3CO3)c3ccccc3c(O)c2c1. The van der Waals surface area contributed by atoms with Crippen LogP contribution in [0.2, 0.25) is 0 Å². The normalized spacial score (nSPS) is 15.7. The molecule has 0 amide bonds. The molecule has 0 bridgehead atoms. The first-order valence-corrected chi connectivity index (χ1v) is 9.46. The second-order valence-electron chi connectivity index (χ2n) is 6.78. The first-order valence-electron chi connectivity index (χ1n) is 9.46. The van der Waals surface area contributed by atoms with E-state index in [1.165, 1.54) is 12.1 Å². The minimum Gasteiger partial charge on any atom is -0.507 e. The summed E-state index contributed by atoms with van der Waals surface area (Å²) in [5.41, 5.74) is 0.106. The van der Waals surface area contributed by atoms with E-state index in [4.69, 9.17) is 18.9 Å². The Morgan fingerprint density at radius 2 is 1.66 bits per heavy atom. The molecule has 3 aromatic rings. The average Bonchev–Trinajstić information content (AvgIpc) is 3.56. The monoisotopic (exact) mass is 398 g/mol. The molecule has 0 radical (unpaired) electrons. The van der Waals surface area contributed by atoms with Crippen LogP contribution >= 0.6 is 0 Å². The Labute approximate surface area is 167 Å². The van der Waals surface area contributed by atoms with Gasteiger partial charge in [-0.1, -0.05) is 24.3 Å². The van der Waals surface area contributed by atoms with Gasteiger partial charge in [-0.05, 0) is 18.2 Å². The Morgan fingerprint density at radius 1 is 0.966 bits per heavy atom. The zero-order valence-electron chi connectivity index (χ0n) is 15.8. The number of phenolic OH excluding ortho intramolecular Hbond substituents is 1. The lowest BCUT2D eigenvalue weighted by atomic mass is 9.99. The summed E-state index contributed by atoms with van der Waals surface area (Å²) in [7, 11) is 0. The predicted octanol–water partition coefficient (Wildman–Crippen LogP) is 3.21. The van der Waals surface area contributed by atoms with E-state index in [0.717, 1.165) is 12.0 Å². The minimum absolute atomic E-state index is 0.0408. The van der Waals surface area contributed by atoms with Crippen molar-refractivity contribution >= 4 is 27.5 Å². The van der Waals surface area contributed by atoms with Gasteiger partial charge >= 0.3 is 5.97 Å². The van der Waals surface area contributed by atoms with Crippen LogP contribution in [0.4, 0.5) is 0 Å². The van der Waals surface area contributed by atoms with Crippen LogP contribution in [-0.4, -0.2) is 61.9 Å². The van der Waals surface area contributed by atoms with Crippen molar-refractivity contribution in [3.63, 3.8) is 0 Å². The van der Waals surface area contributed by atoms with Gasteiger partial charge in [0.2, 0.25) is 0 Å². The lowest BCUT2D eigenvalue weighted by Crippen LogP contribution is -2.12. The van der Waals surface area contributed by atoms with E-state index in [-0.39, 0.29) is 17.4 Å². The van der Waals surface area contributed by atoms with Crippen molar-refractivity contribution in [2.45, 2.75) is 6.10 Å². The molecule has 1 aliphatic heterocycles. The van der Waals surface area contributed by atoms with Crippen LogP contribution in [0.3, 0.4) is 0 Å². The lowest BCUT2D eigenvalue weighted by Gasteiger charge is -2.15. The molecule has 1 saturated heterocycles. The summed E-state index contributed by atoms with van der Waals surface area (Å²) in [6.07, 6.45) is 0.246. The van der Waals surface area contributed by atoms with Gasteiger partial charge in [0, 0.05) is 21.5 Å². The minimum atomic E-state index is -1.05. The topological polar surface area (TPSA) is 97.8 Å². The summed E-state index contributed by atoms with van der Waals surface area (Å²) in [5.74, 6) is -0.416. The fraction of sp³-hybridized carbons (Fsp3) is 0.318. The number of hydrogen-bond donors (Lipinski definition) is 2. The first kappa shape index (κ1) is 19.4. The number of hydrogen-bond acceptors (Lipinski definition) is 6. The molecule has 0 spiro atoms. The summed E-state index contributed by atoms with van der Waals surface area (Å²) in [5, 5.41) is 22.4. The number of aromatic hydroxyl groups is 1. The molecule has 2 N–H and O–H groups in total. The molecular formula is C22H22O7. The summed E-state index contributed by atoms with van der Waals surface area (Å²) in [6, 6.07) is 11.9. The van der Waals surface area contributed by atoms with E-state index in [0.29, 0.717) is 54.9 Å². The molecule has 1 atom stereocenters. The Balaban J connectivity index is 1.49. The van der Waals surface area contributed by atoms with Crippen molar-refractivity contribution in [2.75, 3.05) is 39.6 Å². The van der Waals surface area contributed by atoms with Crippen LogP contribution in [0.25, 0.3) is 21.5 Å². The maximum atomic E-state index is 11.3. The summed E-state index contributed by atoms with van der Waals surface area (Å²) in [4.78, 5) is 11.3. The Kier molecular flexibility index (Phi) is 5.80. The molecule has 152 valence electrons. The molecule has 1 aliphatic rings. The maximum absolute atomic E-state index is 11.3.